The first-order valence-electron chi connectivity index (χ1n) is 5.89. The maximum absolute atomic E-state index is 11.6. The minimum atomic E-state index is -3.18. The molecule has 0 unspecified atom stereocenters. The van der Waals surface area contributed by atoms with Crippen LogP contribution >= 0.6 is 0 Å². The zero-order valence-electron chi connectivity index (χ0n) is 10.9. The Morgan fingerprint density at radius 1 is 1.22 bits per heavy atom. The molecule has 0 heterocycles. The zero-order chi connectivity index (χ0) is 13.8. The minimum absolute atomic E-state index is 0.0456. The Labute approximate surface area is 108 Å². The van der Waals surface area contributed by atoms with E-state index in [1.54, 1.807) is 12.1 Å². The van der Waals surface area contributed by atoms with Gasteiger partial charge in [0.05, 0.1) is 4.90 Å². The Hall–Kier alpha value is -1.36. The minimum Gasteiger partial charge on any atom is -0.326 e. The third-order valence-corrected chi connectivity index (χ3v) is 3.64. The Bertz CT molecular complexity index is 504. The molecule has 0 saturated heterocycles. The van der Waals surface area contributed by atoms with E-state index in [1.807, 2.05) is 0 Å². The van der Waals surface area contributed by atoms with Crippen molar-refractivity contribution in [2.24, 2.45) is 5.92 Å². The van der Waals surface area contributed by atoms with E-state index in [4.69, 9.17) is 0 Å². The van der Waals surface area contributed by atoms with Gasteiger partial charge < -0.3 is 5.32 Å². The molecule has 1 aromatic carbocycles. The summed E-state index contributed by atoms with van der Waals surface area (Å²) in [6.45, 7) is 4.13. The predicted octanol–water partition coefficient (Wildman–Crippen LogP) is 2.46. The van der Waals surface area contributed by atoms with Crippen LogP contribution in [0.5, 0.6) is 0 Å². The summed E-state index contributed by atoms with van der Waals surface area (Å²) in [7, 11) is -3.18. The van der Waals surface area contributed by atoms with Crippen LogP contribution in [0.15, 0.2) is 29.2 Å². The van der Waals surface area contributed by atoms with Crippen molar-refractivity contribution in [3.63, 3.8) is 0 Å². The standard InChI is InChI=1S/C13H19NO3S/c1-10(2)4-9-13(15)14-11-5-7-12(8-6-11)18(3,16)17/h5-8,10H,4,9H2,1-3H3,(H,14,15). The number of rotatable bonds is 5. The summed E-state index contributed by atoms with van der Waals surface area (Å²) in [6.07, 6.45) is 2.47. The van der Waals surface area contributed by atoms with E-state index in [-0.39, 0.29) is 10.8 Å². The molecule has 0 saturated carbocycles. The fraction of sp³-hybridized carbons (Fsp3) is 0.462. The van der Waals surface area contributed by atoms with Gasteiger partial charge in [-0.2, -0.15) is 0 Å². The summed E-state index contributed by atoms with van der Waals surface area (Å²) < 4.78 is 22.5. The first kappa shape index (κ1) is 14.7. The third kappa shape index (κ3) is 4.87. The van der Waals surface area contributed by atoms with Crippen molar-refractivity contribution in [3.8, 4) is 0 Å². The topological polar surface area (TPSA) is 63.2 Å². The fourth-order valence-electron chi connectivity index (χ4n) is 1.43. The van der Waals surface area contributed by atoms with Crippen LogP contribution in [0, 0.1) is 5.92 Å². The monoisotopic (exact) mass is 269 g/mol. The van der Waals surface area contributed by atoms with Crippen LogP contribution < -0.4 is 5.32 Å². The van der Waals surface area contributed by atoms with Gasteiger partial charge in [-0.3, -0.25) is 4.79 Å². The highest BCUT2D eigenvalue weighted by Crippen LogP contribution is 2.14. The third-order valence-electron chi connectivity index (χ3n) is 2.51. The lowest BCUT2D eigenvalue weighted by Gasteiger charge is -2.07. The molecule has 0 radical (unpaired) electrons. The zero-order valence-corrected chi connectivity index (χ0v) is 11.8. The summed E-state index contributed by atoms with van der Waals surface area (Å²) in [6, 6.07) is 6.19. The van der Waals surface area contributed by atoms with Crippen LogP contribution in [0.1, 0.15) is 26.7 Å². The van der Waals surface area contributed by atoms with Crippen molar-refractivity contribution in [2.75, 3.05) is 11.6 Å². The second-order valence-electron chi connectivity index (χ2n) is 4.78. The molecule has 0 aliphatic rings. The summed E-state index contributed by atoms with van der Waals surface area (Å²) in [4.78, 5) is 11.8. The number of amides is 1. The lowest BCUT2D eigenvalue weighted by atomic mass is 10.1. The number of hydrogen-bond donors (Lipinski definition) is 1. The molecule has 100 valence electrons. The van der Waals surface area contributed by atoms with E-state index in [0.29, 0.717) is 18.0 Å². The predicted molar refractivity (Wildman–Crippen MR) is 72.3 cm³/mol. The number of hydrogen-bond acceptors (Lipinski definition) is 3. The number of carbonyl (C=O) groups excluding carboxylic acids is 1. The second-order valence-corrected chi connectivity index (χ2v) is 6.79. The van der Waals surface area contributed by atoms with Crippen molar-refractivity contribution in [1.29, 1.82) is 0 Å². The molecule has 5 heteroatoms. The van der Waals surface area contributed by atoms with Crippen molar-refractivity contribution >= 4 is 21.4 Å². The summed E-state index contributed by atoms with van der Waals surface area (Å²) in [5, 5.41) is 2.74. The second kappa shape index (κ2) is 6.00. The van der Waals surface area contributed by atoms with Crippen LogP contribution in [0.25, 0.3) is 0 Å². The van der Waals surface area contributed by atoms with Gasteiger partial charge in [0.15, 0.2) is 9.84 Å². The maximum atomic E-state index is 11.6. The Kier molecular flexibility index (Phi) is 4.90. The van der Waals surface area contributed by atoms with Gasteiger partial charge in [-0.15, -0.1) is 0 Å². The first-order valence-corrected chi connectivity index (χ1v) is 7.78. The van der Waals surface area contributed by atoms with Gasteiger partial charge in [0, 0.05) is 18.4 Å². The molecular weight excluding hydrogens is 250 g/mol. The first-order chi connectivity index (χ1) is 8.29. The number of benzene rings is 1. The Morgan fingerprint density at radius 3 is 2.22 bits per heavy atom. The Balaban J connectivity index is 2.62. The summed E-state index contributed by atoms with van der Waals surface area (Å²) >= 11 is 0. The normalized spacial score (nSPS) is 11.6. The molecule has 0 aliphatic heterocycles. The molecule has 0 aliphatic carbocycles. The molecule has 0 spiro atoms. The molecule has 4 nitrogen and oxygen atoms in total. The SMILES string of the molecule is CC(C)CCC(=O)Nc1ccc(S(C)(=O)=O)cc1. The van der Waals surface area contributed by atoms with E-state index in [2.05, 4.69) is 19.2 Å². The largest absolute Gasteiger partial charge is 0.326 e. The van der Waals surface area contributed by atoms with Crippen molar-refractivity contribution < 1.29 is 13.2 Å². The molecule has 18 heavy (non-hydrogen) atoms. The average molecular weight is 269 g/mol. The van der Waals surface area contributed by atoms with Gasteiger partial charge in [0.25, 0.3) is 0 Å². The molecule has 1 rings (SSSR count). The van der Waals surface area contributed by atoms with Gasteiger partial charge in [-0.05, 0) is 36.6 Å². The molecule has 0 bridgehead atoms. The molecule has 1 aromatic rings. The van der Waals surface area contributed by atoms with Crippen molar-refractivity contribution in [1.82, 2.24) is 0 Å². The van der Waals surface area contributed by atoms with Gasteiger partial charge in [-0.25, -0.2) is 8.42 Å². The van der Waals surface area contributed by atoms with Gasteiger partial charge >= 0.3 is 0 Å². The summed E-state index contributed by atoms with van der Waals surface area (Å²) in [5.41, 5.74) is 0.621. The van der Waals surface area contributed by atoms with Crippen LogP contribution in [0.4, 0.5) is 5.69 Å². The van der Waals surface area contributed by atoms with Gasteiger partial charge in [0.1, 0.15) is 0 Å². The van der Waals surface area contributed by atoms with E-state index in [1.165, 1.54) is 12.1 Å². The quantitative estimate of drug-likeness (QED) is 0.893. The van der Waals surface area contributed by atoms with Crippen LogP contribution in [-0.4, -0.2) is 20.6 Å². The van der Waals surface area contributed by atoms with E-state index in [9.17, 15) is 13.2 Å². The Morgan fingerprint density at radius 2 is 1.78 bits per heavy atom. The highest BCUT2D eigenvalue weighted by molar-refractivity contribution is 7.90. The van der Waals surface area contributed by atoms with Crippen LogP contribution in [-0.2, 0) is 14.6 Å². The number of sulfone groups is 1. The number of nitrogens with one attached hydrogen (secondary N) is 1. The number of carbonyl (C=O) groups is 1. The lowest BCUT2D eigenvalue weighted by molar-refractivity contribution is -0.116. The molecule has 1 N–H and O–H groups in total. The molecule has 0 fully saturated rings. The molecule has 0 atom stereocenters. The molecular formula is C13H19NO3S. The molecule has 0 aromatic heterocycles. The van der Waals surface area contributed by atoms with Crippen LogP contribution in [0.3, 0.4) is 0 Å². The lowest BCUT2D eigenvalue weighted by Crippen LogP contribution is -2.12. The van der Waals surface area contributed by atoms with Crippen molar-refractivity contribution in [2.45, 2.75) is 31.6 Å². The highest BCUT2D eigenvalue weighted by atomic mass is 32.2. The van der Waals surface area contributed by atoms with Gasteiger partial charge in [-0.1, -0.05) is 13.8 Å². The maximum Gasteiger partial charge on any atom is 0.224 e. The smallest absolute Gasteiger partial charge is 0.224 e. The van der Waals surface area contributed by atoms with E-state index >= 15 is 0 Å². The molecule has 1 amide bonds. The van der Waals surface area contributed by atoms with E-state index in [0.717, 1.165) is 12.7 Å². The van der Waals surface area contributed by atoms with Gasteiger partial charge in [0.2, 0.25) is 5.91 Å². The van der Waals surface area contributed by atoms with E-state index < -0.39 is 9.84 Å². The highest BCUT2D eigenvalue weighted by Gasteiger charge is 2.07. The van der Waals surface area contributed by atoms with Crippen LogP contribution in [0.2, 0.25) is 0 Å². The number of anilines is 1. The van der Waals surface area contributed by atoms with Crippen molar-refractivity contribution in [3.05, 3.63) is 24.3 Å². The summed E-state index contributed by atoms with van der Waals surface area (Å²) in [5.74, 6) is 0.444. The fourth-order valence-corrected chi connectivity index (χ4v) is 2.06. The average Bonchev–Trinajstić information content (AvgIpc) is 2.26.